The number of allylic oxidation sites excluding steroid dienone is 12. The quantitative estimate of drug-likeness (QED) is 0.168. The average molecular weight is 935 g/mol. The van der Waals surface area contributed by atoms with Crippen LogP contribution in [0.15, 0.2) is 85.1 Å². The van der Waals surface area contributed by atoms with Crippen LogP contribution in [-0.2, 0) is 28.5 Å². The number of aliphatic hydroxyl groups excluding tert-OH is 9. The summed E-state index contributed by atoms with van der Waals surface area (Å²) in [7, 11) is 0. The fourth-order valence-corrected chi connectivity index (χ4v) is 8.04. The van der Waals surface area contributed by atoms with Crippen LogP contribution in [0.3, 0.4) is 0 Å². The van der Waals surface area contributed by atoms with Gasteiger partial charge in [0.15, 0.2) is 12.1 Å². The third-order valence-corrected chi connectivity index (χ3v) is 12.0. The van der Waals surface area contributed by atoms with E-state index in [1.54, 1.807) is 49.5 Å². The van der Waals surface area contributed by atoms with Crippen LogP contribution in [0.4, 0.5) is 0 Å². The first kappa shape index (κ1) is 55.2. The third kappa shape index (κ3) is 19.3. The molecule has 2 bridgehead atoms. The van der Waals surface area contributed by atoms with Gasteiger partial charge in [-0.15, -0.1) is 0 Å². The van der Waals surface area contributed by atoms with Crippen molar-refractivity contribution in [2.75, 3.05) is 6.61 Å². The van der Waals surface area contributed by atoms with Crippen molar-refractivity contribution in [3.05, 3.63) is 85.1 Å². The molecule has 66 heavy (non-hydrogen) atoms. The van der Waals surface area contributed by atoms with E-state index in [4.69, 9.17) is 24.7 Å². The molecule has 13 N–H and O–H groups in total. The number of carbonyl (C=O) groups is 2. The second-order valence-electron chi connectivity index (χ2n) is 18.1. The standard InChI is InChI=1S/C48H74N2O16/c1-29-15-13-11-9-7-5-3-4-6-8-10-12-14-16-35(65-47-45(60)44(49)40(58)28-63-47)25-41-43(46(61)50-31-17-18-31)39(57)27-48(62,66-41)26-34(53)23-38(56)36(54)20-19-32(51)22-33(52)24-42(59)64-30(2)21-37(29)55/h3-16,29-41,43-45,47,51-58,60,62H,17-28,49H2,1-2H3,(H,50,61)/b4-3+,7-5+,8-6+,11-9+,12-10+,15-13+,16-14+/t29-,30-,32?,33?,34?,35-,36?,37-,38?,39-,40+,41-,43?,44-,45+,47-,48+/m0/s1. The largest absolute Gasteiger partial charge is 0.462 e. The number of fused-ring (bicyclic) bond motifs is 2. The molecule has 3 heterocycles. The first-order chi connectivity index (χ1) is 31.3. The van der Waals surface area contributed by atoms with Crippen molar-refractivity contribution < 1.29 is 79.6 Å². The topological polar surface area (TPSA) is 311 Å². The molecule has 3 fully saturated rings. The lowest BCUT2D eigenvalue weighted by atomic mass is 9.82. The SMILES string of the molecule is C[C@H]1C[C@H](O)[C@@H](C)/C=C/C=C/C=C/C=C/C=C/C=C/C=C/[C@H](O[C@@H]2OC[C@@H](O)[C@H](N)[C@H]2O)C[C@@H]2O[C@](O)(CC(O)CC(O)C(O)CCC(O)CC(O)CC(=O)O1)C[C@H](O)C2C(=O)NC1CC1. The zero-order valence-electron chi connectivity index (χ0n) is 37.9. The number of cyclic esters (lactones) is 1. The van der Waals surface area contributed by atoms with Gasteiger partial charge < -0.3 is 81.1 Å². The van der Waals surface area contributed by atoms with E-state index in [-0.39, 0.29) is 50.7 Å². The highest BCUT2D eigenvalue weighted by Crippen LogP contribution is 2.38. The number of amides is 1. The molecular formula is C48H74N2O16. The van der Waals surface area contributed by atoms with E-state index >= 15 is 0 Å². The highest BCUT2D eigenvalue weighted by molar-refractivity contribution is 5.80. The lowest BCUT2D eigenvalue weighted by molar-refractivity contribution is -0.304. The summed E-state index contributed by atoms with van der Waals surface area (Å²) in [5.41, 5.74) is 6.00. The summed E-state index contributed by atoms with van der Waals surface area (Å²) >= 11 is 0. The van der Waals surface area contributed by atoms with Crippen molar-refractivity contribution in [1.29, 1.82) is 0 Å². The van der Waals surface area contributed by atoms with E-state index in [0.29, 0.717) is 0 Å². The van der Waals surface area contributed by atoms with E-state index in [2.05, 4.69) is 5.32 Å². The Kier molecular flexibility index (Phi) is 23.0. The molecule has 6 unspecified atom stereocenters. The molecule has 2 saturated heterocycles. The second-order valence-corrected chi connectivity index (χ2v) is 18.1. The number of hydrogen-bond donors (Lipinski definition) is 12. The van der Waals surface area contributed by atoms with Gasteiger partial charge in [0.1, 0.15) is 12.2 Å². The van der Waals surface area contributed by atoms with Gasteiger partial charge in [-0.25, -0.2) is 0 Å². The molecular weight excluding hydrogens is 861 g/mol. The van der Waals surface area contributed by atoms with Crippen molar-refractivity contribution in [1.82, 2.24) is 5.32 Å². The maximum atomic E-state index is 13.6. The van der Waals surface area contributed by atoms with Gasteiger partial charge in [0, 0.05) is 44.1 Å². The Labute approximate surface area is 387 Å². The highest BCUT2D eigenvalue weighted by Gasteiger charge is 2.51. The molecule has 1 aliphatic carbocycles. The smallest absolute Gasteiger partial charge is 0.308 e. The van der Waals surface area contributed by atoms with Gasteiger partial charge in [-0.1, -0.05) is 92.0 Å². The fraction of sp³-hybridized carbons (Fsp3) is 0.667. The van der Waals surface area contributed by atoms with Gasteiger partial charge in [0.05, 0.1) is 86.0 Å². The van der Waals surface area contributed by atoms with Gasteiger partial charge in [-0.2, -0.15) is 0 Å². The molecule has 1 saturated carbocycles. The summed E-state index contributed by atoms with van der Waals surface area (Å²) < 4.78 is 23.3. The molecule has 0 radical (unpaired) electrons. The van der Waals surface area contributed by atoms with Crippen molar-refractivity contribution in [2.24, 2.45) is 17.6 Å². The average Bonchev–Trinajstić information content (AvgIpc) is 4.05. The van der Waals surface area contributed by atoms with E-state index in [1.165, 1.54) is 0 Å². The highest BCUT2D eigenvalue weighted by atomic mass is 16.7. The first-order valence-corrected chi connectivity index (χ1v) is 23.1. The number of nitrogens with two attached hydrogens (primary N) is 1. The van der Waals surface area contributed by atoms with Crippen molar-refractivity contribution >= 4 is 11.9 Å². The number of nitrogens with one attached hydrogen (secondary N) is 1. The van der Waals surface area contributed by atoms with E-state index in [1.807, 2.05) is 49.5 Å². The maximum absolute atomic E-state index is 13.6. The number of rotatable bonds is 4. The number of esters is 1. The molecule has 0 spiro atoms. The minimum absolute atomic E-state index is 0.0807. The fourth-order valence-electron chi connectivity index (χ4n) is 8.04. The summed E-state index contributed by atoms with van der Waals surface area (Å²) in [5, 5.41) is 111. The van der Waals surface area contributed by atoms with Crippen LogP contribution in [0, 0.1) is 11.8 Å². The summed E-state index contributed by atoms with van der Waals surface area (Å²) in [4.78, 5) is 26.1. The summed E-state index contributed by atoms with van der Waals surface area (Å²) in [6, 6.07) is -1.17. The zero-order chi connectivity index (χ0) is 48.4. The van der Waals surface area contributed by atoms with Crippen molar-refractivity contribution in [2.45, 2.75) is 182 Å². The Morgan fingerprint density at radius 3 is 1.91 bits per heavy atom. The minimum Gasteiger partial charge on any atom is -0.462 e. The molecule has 0 aromatic rings. The van der Waals surface area contributed by atoms with Gasteiger partial charge in [0.2, 0.25) is 5.91 Å². The van der Waals surface area contributed by atoms with Gasteiger partial charge in [-0.05, 0) is 39.0 Å². The van der Waals surface area contributed by atoms with Crippen LogP contribution < -0.4 is 11.1 Å². The maximum Gasteiger partial charge on any atom is 0.308 e. The van der Waals surface area contributed by atoms with Crippen molar-refractivity contribution in [3.63, 3.8) is 0 Å². The lowest BCUT2D eigenvalue weighted by Gasteiger charge is -2.45. The number of hydrogen-bond acceptors (Lipinski definition) is 17. The Balaban J connectivity index is 1.55. The molecule has 4 rings (SSSR count). The van der Waals surface area contributed by atoms with Crippen LogP contribution in [0.5, 0.6) is 0 Å². The monoisotopic (exact) mass is 935 g/mol. The Morgan fingerprint density at radius 2 is 1.29 bits per heavy atom. The third-order valence-electron chi connectivity index (χ3n) is 12.0. The Morgan fingerprint density at radius 1 is 0.682 bits per heavy atom. The number of carbonyl (C=O) groups excluding carboxylic acids is 2. The van der Waals surface area contributed by atoms with Crippen LogP contribution in [0.25, 0.3) is 0 Å². The zero-order valence-corrected chi connectivity index (χ0v) is 37.9. The van der Waals surface area contributed by atoms with E-state index < -0.39 is 135 Å². The molecule has 4 aliphatic rings. The Hall–Kier alpha value is -3.44. The van der Waals surface area contributed by atoms with Gasteiger partial charge >= 0.3 is 5.97 Å². The van der Waals surface area contributed by atoms with Crippen LogP contribution in [-0.4, -0.2) is 167 Å². The lowest BCUT2D eigenvalue weighted by Crippen LogP contribution is -2.59. The predicted molar refractivity (Wildman–Crippen MR) is 241 cm³/mol. The minimum atomic E-state index is -2.23. The molecule has 372 valence electrons. The first-order valence-electron chi connectivity index (χ1n) is 23.1. The molecule has 1 amide bonds. The molecule has 0 aromatic heterocycles. The predicted octanol–water partition coefficient (Wildman–Crippen LogP) is 0.271. The van der Waals surface area contributed by atoms with Crippen molar-refractivity contribution in [3.8, 4) is 0 Å². The molecule has 18 nitrogen and oxygen atoms in total. The molecule has 3 aliphatic heterocycles. The number of aliphatic hydroxyl groups is 10. The molecule has 17 atom stereocenters. The summed E-state index contributed by atoms with van der Waals surface area (Å²) in [5.74, 6) is -4.92. The number of ether oxygens (including phenoxy) is 4. The normalized spacial score (nSPS) is 43.8. The molecule has 0 aromatic carbocycles. The second kappa shape index (κ2) is 27.5. The van der Waals surface area contributed by atoms with Gasteiger partial charge in [-0.3, -0.25) is 9.59 Å². The molecule has 18 heteroatoms. The van der Waals surface area contributed by atoms with Gasteiger partial charge in [0.25, 0.3) is 0 Å². The van der Waals surface area contributed by atoms with Crippen LogP contribution >= 0.6 is 0 Å². The van der Waals surface area contributed by atoms with Crippen LogP contribution in [0.1, 0.15) is 84.5 Å². The Bertz CT molecular complexity index is 1700. The summed E-state index contributed by atoms with van der Waals surface area (Å²) in [6.45, 7) is 3.23. The van der Waals surface area contributed by atoms with Crippen LogP contribution in [0.2, 0.25) is 0 Å². The van der Waals surface area contributed by atoms with E-state index in [9.17, 15) is 60.7 Å². The summed E-state index contributed by atoms with van der Waals surface area (Å²) in [6.07, 6.45) is 7.93. The van der Waals surface area contributed by atoms with E-state index in [0.717, 1.165) is 12.8 Å².